The van der Waals surface area contributed by atoms with Crippen molar-refractivity contribution in [3.8, 4) is 16.6 Å². The zero-order chi connectivity index (χ0) is 23.9. The molecule has 0 unspecified atom stereocenters. The minimum absolute atomic E-state index is 0.0386. The number of hydrogen-bond donors (Lipinski definition) is 3. The fourth-order valence-corrected chi connectivity index (χ4v) is 6.08. The van der Waals surface area contributed by atoms with Crippen molar-refractivity contribution < 1.29 is 13.2 Å². The highest BCUT2D eigenvalue weighted by atomic mass is 32.2. The molecule has 0 radical (unpaired) electrons. The third-order valence-electron chi connectivity index (χ3n) is 5.75. The van der Waals surface area contributed by atoms with Crippen LogP contribution in [0.4, 0.5) is 5.69 Å². The van der Waals surface area contributed by atoms with E-state index in [1.165, 1.54) is 30.4 Å². The third-order valence-corrected chi connectivity index (χ3v) is 8.40. The number of sulfonamides is 1. The van der Waals surface area contributed by atoms with Crippen molar-refractivity contribution in [2.45, 2.75) is 36.7 Å². The number of fused-ring (bicyclic) bond motifs is 1. The van der Waals surface area contributed by atoms with Gasteiger partial charge in [0, 0.05) is 43.0 Å². The van der Waals surface area contributed by atoms with Gasteiger partial charge < -0.3 is 10.3 Å². The van der Waals surface area contributed by atoms with E-state index in [-0.39, 0.29) is 22.8 Å². The quantitative estimate of drug-likeness (QED) is 0.334. The van der Waals surface area contributed by atoms with Gasteiger partial charge in [-0.15, -0.1) is 11.3 Å². The minimum Gasteiger partial charge on any atom is -0.381 e. The molecule has 0 saturated heterocycles. The fraction of sp³-hybridized carbons (Fsp3) is 0.217. The van der Waals surface area contributed by atoms with Crippen LogP contribution >= 0.6 is 11.3 Å². The maximum atomic E-state index is 12.7. The van der Waals surface area contributed by atoms with Gasteiger partial charge in [-0.25, -0.2) is 23.1 Å². The molecule has 5 rings (SSSR count). The predicted molar refractivity (Wildman–Crippen MR) is 129 cm³/mol. The molecule has 3 aromatic heterocycles. The second-order valence-electron chi connectivity index (χ2n) is 8.14. The highest BCUT2D eigenvalue weighted by molar-refractivity contribution is 7.89. The molecular weight excluding hydrogens is 472 g/mol. The Bertz CT molecular complexity index is 1540. The summed E-state index contributed by atoms with van der Waals surface area (Å²) in [6.07, 6.45) is 6.30. The summed E-state index contributed by atoms with van der Waals surface area (Å²) >= 11 is 1.32. The van der Waals surface area contributed by atoms with Gasteiger partial charge in [0.1, 0.15) is 10.7 Å². The number of pyridine rings is 1. The first-order valence-corrected chi connectivity index (χ1v) is 12.9. The molecule has 0 atom stereocenters. The Labute approximate surface area is 199 Å². The van der Waals surface area contributed by atoms with Crippen molar-refractivity contribution in [3.63, 3.8) is 0 Å². The van der Waals surface area contributed by atoms with Gasteiger partial charge in [0.15, 0.2) is 5.78 Å². The number of anilines is 1. The summed E-state index contributed by atoms with van der Waals surface area (Å²) in [7, 11) is -3.72. The lowest BCUT2D eigenvalue weighted by molar-refractivity contribution is 0.102. The number of nitrogens with zero attached hydrogens (tertiary/aromatic N) is 3. The standard InChI is InChI=1S/C23H20N6O3S2/c1-13(30)20-12-27-23(33-20)19-11-26-22-18(5-6-25-22)21(19)28-15-8-16(9-15)29-34(31,32)17-4-2-3-14(7-17)10-24/h2-7,11-12,15-16,29H,8-9H2,1H3,(H2,25,26,28)/t15-,16+. The van der Waals surface area contributed by atoms with Crippen LogP contribution in [0.3, 0.4) is 0 Å². The molecule has 1 fully saturated rings. The van der Waals surface area contributed by atoms with E-state index in [4.69, 9.17) is 5.26 Å². The summed E-state index contributed by atoms with van der Waals surface area (Å²) in [4.78, 5) is 24.4. The fourth-order valence-electron chi connectivity index (χ4n) is 3.94. The zero-order valence-electron chi connectivity index (χ0n) is 18.1. The first kappa shape index (κ1) is 22.2. The van der Waals surface area contributed by atoms with Gasteiger partial charge in [-0.2, -0.15) is 5.26 Å². The van der Waals surface area contributed by atoms with Crippen molar-refractivity contribution in [2.75, 3.05) is 5.32 Å². The number of aromatic nitrogens is 3. The van der Waals surface area contributed by atoms with Crippen molar-refractivity contribution in [3.05, 3.63) is 59.4 Å². The van der Waals surface area contributed by atoms with Crippen molar-refractivity contribution in [2.24, 2.45) is 0 Å². The highest BCUT2D eigenvalue weighted by Crippen LogP contribution is 2.38. The van der Waals surface area contributed by atoms with Crippen LogP contribution in [0.1, 0.15) is 35.0 Å². The van der Waals surface area contributed by atoms with Crippen LogP contribution in [-0.4, -0.2) is 41.2 Å². The SMILES string of the molecule is CC(=O)c1cnc(-c2cnc3[nH]ccc3c2N[C@H]2C[C@@H](NS(=O)(=O)c3cccc(C#N)c3)C2)s1. The molecule has 0 bridgehead atoms. The van der Waals surface area contributed by atoms with Crippen LogP contribution in [0, 0.1) is 11.3 Å². The number of rotatable bonds is 7. The number of nitrogens with one attached hydrogen (secondary N) is 3. The van der Waals surface area contributed by atoms with Crippen LogP contribution in [0.25, 0.3) is 21.6 Å². The maximum Gasteiger partial charge on any atom is 0.240 e. The smallest absolute Gasteiger partial charge is 0.240 e. The summed E-state index contributed by atoms with van der Waals surface area (Å²) in [5, 5.41) is 14.2. The van der Waals surface area contributed by atoms with E-state index in [2.05, 4.69) is 25.0 Å². The number of benzene rings is 1. The van der Waals surface area contributed by atoms with Gasteiger partial charge in [0.05, 0.1) is 32.7 Å². The average molecular weight is 493 g/mol. The summed E-state index contributed by atoms with van der Waals surface area (Å²) in [5.41, 5.74) is 2.67. The van der Waals surface area contributed by atoms with E-state index in [1.54, 1.807) is 24.5 Å². The van der Waals surface area contributed by atoms with Gasteiger partial charge in [-0.1, -0.05) is 6.07 Å². The number of thiazole rings is 1. The molecule has 1 aliphatic rings. The Balaban J connectivity index is 1.33. The monoisotopic (exact) mass is 492 g/mol. The number of carbonyl (C=O) groups is 1. The average Bonchev–Trinajstić information content (AvgIpc) is 3.47. The van der Waals surface area contributed by atoms with E-state index in [0.717, 1.165) is 22.3 Å². The maximum absolute atomic E-state index is 12.7. The number of aromatic amines is 1. The van der Waals surface area contributed by atoms with E-state index in [1.807, 2.05) is 18.3 Å². The molecule has 3 N–H and O–H groups in total. The molecule has 3 heterocycles. The second kappa shape index (κ2) is 8.64. The van der Waals surface area contributed by atoms with Crippen LogP contribution < -0.4 is 10.0 Å². The van der Waals surface area contributed by atoms with Crippen LogP contribution in [0.5, 0.6) is 0 Å². The number of ketones is 1. The molecule has 172 valence electrons. The first-order chi connectivity index (χ1) is 16.3. The predicted octanol–water partition coefficient (Wildman–Crippen LogP) is 3.68. The summed E-state index contributed by atoms with van der Waals surface area (Å²) in [6.45, 7) is 1.51. The van der Waals surface area contributed by atoms with E-state index in [0.29, 0.717) is 28.3 Å². The molecular formula is C23H20N6O3S2. The van der Waals surface area contributed by atoms with Gasteiger partial charge in [0.25, 0.3) is 0 Å². The second-order valence-corrected chi connectivity index (χ2v) is 10.9. The lowest BCUT2D eigenvalue weighted by atomic mass is 9.87. The minimum atomic E-state index is -3.72. The van der Waals surface area contributed by atoms with Gasteiger partial charge in [-0.3, -0.25) is 4.79 Å². The Kier molecular flexibility index (Phi) is 5.65. The molecule has 1 aromatic carbocycles. The molecule has 11 heteroatoms. The molecule has 1 saturated carbocycles. The highest BCUT2D eigenvalue weighted by Gasteiger charge is 2.33. The van der Waals surface area contributed by atoms with Crippen LogP contribution in [0.2, 0.25) is 0 Å². The zero-order valence-corrected chi connectivity index (χ0v) is 19.7. The molecule has 1 aliphatic carbocycles. The topological polar surface area (TPSA) is 141 Å². The van der Waals surface area contributed by atoms with Crippen molar-refractivity contribution in [1.82, 2.24) is 19.7 Å². The Morgan fingerprint density at radius 1 is 1.21 bits per heavy atom. The molecule has 0 amide bonds. The van der Waals surface area contributed by atoms with Crippen molar-refractivity contribution in [1.29, 1.82) is 5.26 Å². The lowest BCUT2D eigenvalue weighted by Crippen LogP contribution is -2.49. The largest absolute Gasteiger partial charge is 0.381 e. The molecule has 0 spiro atoms. The third kappa shape index (κ3) is 4.19. The number of carbonyl (C=O) groups excluding carboxylic acids is 1. The van der Waals surface area contributed by atoms with Crippen LogP contribution in [-0.2, 0) is 10.0 Å². The van der Waals surface area contributed by atoms with E-state index < -0.39 is 10.0 Å². The summed E-state index contributed by atoms with van der Waals surface area (Å²) < 4.78 is 28.2. The lowest BCUT2D eigenvalue weighted by Gasteiger charge is -2.37. The normalized spacial score (nSPS) is 17.8. The molecule has 0 aliphatic heterocycles. The Morgan fingerprint density at radius 2 is 2.03 bits per heavy atom. The number of hydrogen-bond acceptors (Lipinski definition) is 8. The summed E-state index contributed by atoms with van der Waals surface area (Å²) in [5.74, 6) is -0.0386. The van der Waals surface area contributed by atoms with Crippen LogP contribution in [0.15, 0.2) is 53.8 Å². The molecule has 34 heavy (non-hydrogen) atoms. The number of Topliss-reactive ketones (excluding diaryl/α,β-unsaturated/α-hetero) is 1. The Hall–Kier alpha value is -3.59. The number of H-pyrrole nitrogens is 1. The van der Waals surface area contributed by atoms with Crippen molar-refractivity contribution >= 4 is 43.9 Å². The van der Waals surface area contributed by atoms with Gasteiger partial charge >= 0.3 is 0 Å². The molecule has 4 aromatic rings. The van der Waals surface area contributed by atoms with Gasteiger partial charge in [-0.05, 0) is 37.1 Å². The van der Waals surface area contributed by atoms with E-state index >= 15 is 0 Å². The summed E-state index contributed by atoms with van der Waals surface area (Å²) in [6, 6.07) is 9.68. The van der Waals surface area contributed by atoms with Gasteiger partial charge in [0.2, 0.25) is 10.0 Å². The number of nitriles is 1. The van der Waals surface area contributed by atoms with E-state index in [9.17, 15) is 13.2 Å². The first-order valence-electron chi connectivity index (χ1n) is 10.6. The Morgan fingerprint density at radius 3 is 2.76 bits per heavy atom. The molecule has 9 nitrogen and oxygen atoms in total.